The summed E-state index contributed by atoms with van der Waals surface area (Å²) in [5.41, 5.74) is 6.68. The van der Waals surface area contributed by atoms with Crippen molar-refractivity contribution >= 4 is 5.71 Å². The van der Waals surface area contributed by atoms with E-state index in [0.29, 0.717) is 6.04 Å². The molecule has 1 aromatic rings. The number of nitrogens with zero attached hydrogens (tertiary/aromatic N) is 1. The Balaban J connectivity index is 1.59. The minimum Gasteiger partial charge on any atom is -0.314 e. The van der Waals surface area contributed by atoms with Crippen molar-refractivity contribution in [3.05, 3.63) is 83.0 Å². The van der Waals surface area contributed by atoms with Crippen LogP contribution in [0.5, 0.6) is 0 Å². The first-order valence-corrected chi connectivity index (χ1v) is 9.89. The van der Waals surface area contributed by atoms with Crippen LogP contribution < -0.4 is 5.32 Å². The molecule has 1 saturated heterocycles. The molecule has 26 heavy (non-hydrogen) atoms. The Morgan fingerprint density at radius 3 is 2.77 bits per heavy atom. The fourth-order valence-corrected chi connectivity index (χ4v) is 4.06. The summed E-state index contributed by atoms with van der Waals surface area (Å²) in [6.07, 6.45) is 19.2. The van der Waals surface area contributed by atoms with E-state index in [1.807, 2.05) is 0 Å². The fraction of sp³-hybridized carbons (Fsp3) is 0.375. The molecule has 2 atom stereocenters. The largest absolute Gasteiger partial charge is 0.314 e. The van der Waals surface area contributed by atoms with Crippen LogP contribution in [-0.2, 0) is 6.42 Å². The average molecular weight is 345 g/mol. The monoisotopic (exact) mass is 344 g/mol. The number of rotatable bonds is 4. The van der Waals surface area contributed by atoms with Gasteiger partial charge in [0.25, 0.3) is 0 Å². The third-order valence-electron chi connectivity index (χ3n) is 5.51. The maximum absolute atomic E-state index is 5.05. The van der Waals surface area contributed by atoms with Crippen LogP contribution >= 0.6 is 0 Å². The molecule has 2 nitrogen and oxygen atoms in total. The molecule has 0 saturated carbocycles. The number of fused-ring (bicyclic) bond motifs is 1. The maximum Gasteiger partial charge on any atom is 0.0939 e. The summed E-state index contributed by atoms with van der Waals surface area (Å²) in [6, 6.07) is 9.60. The van der Waals surface area contributed by atoms with Crippen molar-refractivity contribution < 1.29 is 0 Å². The van der Waals surface area contributed by atoms with Gasteiger partial charge in [-0.15, -0.1) is 0 Å². The third kappa shape index (κ3) is 4.13. The van der Waals surface area contributed by atoms with E-state index >= 15 is 0 Å². The second-order valence-corrected chi connectivity index (χ2v) is 7.64. The lowest BCUT2D eigenvalue weighted by Gasteiger charge is -2.28. The lowest BCUT2D eigenvalue weighted by molar-refractivity contribution is 0.399. The Hall–Kier alpha value is -2.19. The molecule has 4 rings (SSSR count). The molecular weight excluding hydrogens is 316 g/mol. The van der Waals surface area contributed by atoms with Crippen molar-refractivity contribution in [1.29, 1.82) is 0 Å². The highest BCUT2D eigenvalue weighted by atomic mass is 14.9. The highest BCUT2D eigenvalue weighted by molar-refractivity contribution is 5.99. The van der Waals surface area contributed by atoms with E-state index in [2.05, 4.69) is 73.0 Å². The molecule has 1 fully saturated rings. The number of aliphatic imine (C=N–C) groups is 1. The molecular formula is C24H28N2. The summed E-state index contributed by atoms with van der Waals surface area (Å²) < 4.78 is 0. The smallest absolute Gasteiger partial charge is 0.0939 e. The Morgan fingerprint density at radius 2 is 1.96 bits per heavy atom. The zero-order valence-electron chi connectivity index (χ0n) is 15.6. The average Bonchev–Trinajstić information content (AvgIpc) is 2.90. The van der Waals surface area contributed by atoms with Crippen molar-refractivity contribution in [1.82, 2.24) is 5.32 Å². The second-order valence-electron chi connectivity index (χ2n) is 7.64. The molecule has 2 unspecified atom stereocenters. The molecule has 0 bridgehead atoms. The van der Waals surface area contributed by atoms with E-state index in [1.165, 1.54) is 47.2 Å². The van der Waals surface area contributed by atoms with Crippen LogP contribution in [0.1, 0.15) is 36.8 Å². The fourth-order valence-electron chi connectivity index (χ4n) is 4.06. The number of hydrogen-bond acceptors (Lipinski definition) is 2. The number of benzene rings is 1. The summed E-state index contributed by atoms with van der Waals surface area (Å²) in [5.74, 6) is 0. The SMILES string of the molecule is Cc1ccc(CC2=NC3C=CC=CC=C3C(CC3CCCCN3)=C2)cc1. The van der Waals surface area contributed by atoms with Crippen LogP contribution in [0.3, 0.4) is 0 Å². The summed E-state index contributed by atoms with van der Waals surface area (Å²) >= 11 is 0. The van der Waals surface area contributed by atoms with Crippen molar-refractivity contribution in [3.63, 3.8) is 0 Å². The van der Waals surface area contributed by atoms with E-state index in [-0.39, 0.29) is 6.04 Å². The molecule has 0 spiro atoms. The topological polar surface area (TPSA) is 24.4 Å². The van der Waals surface area contributed by atoms with E-state index in [4.69, 9.17) is 4.99 Å². The van der Waals surface area contributed by atoms with Gasteiger partial charge in [0.2, 0.25) is 0 Å². The molecule has 1 N–H and O–H groups in total. The number of aryl methyl sites for hydroxylation is 1. The lowest BCUT2D eigenvalue weighted by atomic mass is 9.86. The van der Waals surface area contributed by atoms with Gasteiger partial charge in [-0.3, -0.25) is 4.99 Å². The van der Waals surface area contributed by atoms with Crippen LogP contribution in [0.4, 0.5) is 0 Å². The normalized spacial score (nSPS) is 25.0. The van der Waals surface area contributed by atoms with Gasteiger partial charge in [-0.2, -0.15) is 0 Å². The van der Waals surface area contributed by atoms with E-state index in [9.17, 15) is 0 Å². The van der Waals surface area contributed by atoms with Gasteiger partial charge in [-0.1, -0.05) is 66.6 Å². The molecule has 2 heterocycles. The number of hydrogen-bond donors (Lipinski definition) is 1. The maximum atomic E-state index is 5.05. The van der Waals surface area contributed by atoms with E-state index < -0.39 is 0 Å². The van der Waals surface area contributed by atoms with Gasteiger partial charge in [-0.25, -0.2) is 0 Å². The van der Waals surface area contributed by atoms with Gasteiger partial charge in [0.05, 0.1) is 6.04 Å². The van der Waals surface area contributed by atoms with Crippen molar-refractivity contribution in [2.24, 2.45) is 4.99 Å². The van der Waals surface area contributed by atoms with Gasteiger partial charge < -0.3 is 5.32 Å². The van der Waals surface area contributed by atoms with Crippen LogP contribution in [0.25, 0.3) is 0 Å². The zero-order valence-corrected chi connectivity index (χ0v) is 15.6. The first kappa shape index (κ1) is 17.2. The van der Waals surface area contributed by atoms with Crippen molar-refractivity contribution in [3.8, 4) is 0 Å². The molecule has 2 heteroatoms. The summed E-state index contributed by atoms with van der Waals surface area (Å²) in [6.45, 7) is 3.29. The van der Waals surface area contributed by atoms with Gasteiger partial charge in [0.15, 0.2) is 0 Å². The van der Waals surface area contributed by atoms with Crippen LogP contribution in [0, 0.1) is 6.92 Å². The molecule has 0 aromatic heterocycles. The molecule has 1 aromatic carbocycles. The zero-order chi connectivity index (χ0) is 17.8. The number of allylic oxidation sites excluding steroid dienone is 5. The van der Waals surface area contributed by atoms with E-state index in [1.54, 1.807) is 0 Å². The Labute approximate surface area is 157 Å². The highest BCUT2D eigenvalue weighted by Gasteiger charge is 2.24. The molecule has 3 aliphatic rings. The predicted molar refractivity (Wildman–Crippen MR) is 111 cm³/mol. The van der Waals surface area contributed by atoms with E-state index in [0.717, 1.165) is 19.4 Å². The summed E-state index contributed by atoms with van der Waals surface area (Å²) in [7, 11) is 0. The first-order chi connectivity index (χ1) is 12.8. The summed E-state index contributed by atoms with van der Waals surface area (Å²) in [5, 5.41) is 3.70. The quantitative estimate of drug-likeness (QED) is 0.828. The molecule has 134 valence electrons. The molecule has 0 radical (unpaired) electrons. The predicted octanol–water partition coefficient (Wildman–Crippen LogP) is 4.87. The van der Waals surface area contributed by atoms with Crippen molar-refractivity contribution in [2.45, 2.75) is 51.1 Å². The van der Waals surface area contributed by atoms with Gasteiger partial charge in [0.1, 0.15) is 0 Å². The number of piperidine rings is 1. The molecule has 1 aliphatic carbocycles. The Morgan fingerprint density at radius 1 is 1.08 bits per heavy atom. The van der Waals surface area contributed by atoms with Gasteiger partial charge in [0, 0.05) is 18.2 Å². The Bertz CT molecular complexity index is 784. The minimum atomic E-state index is 0.161. The lowest BCUT2D eigenvalue weighted by Crippen LogP contribution is -2.35. The number of nitrogens with one attached hydrogen (secondary N) is 1. The van der Waals surface area contributed by atoms with Gasteiger partial charge >= 0.3 is 0 Å². The summed E-state index contributed by atoms with van der Waals surface area (Å²) in [4.78, 5) is 5.05. The number of dihydropyridines is 1. The Kier molecular flexibility index (Phi) is 5.31. The van der Waals surface area contributed by atoms with Crippen LogP contribution in [0.2, 0.25) is 0 Å². The van der Waals surface area contributed by atoms with Gasteiger partial charge in [-0.05, 0) is 55.5 Å². The standard InChI is InChI=1S/C24H28N2/c1-18-10-12-19(13-11-18)15-22-17-20(16-21-7-5-6-14-25-21)23-8-3-2-4-9-24(23)26-22/h2-4,8-13,17,21,24-25H,5-7,14-16H2,1H3. The first-order valence-electron chi connectivity index (χ1n) is 9.89. The molecule has 2 aliphatic heterocycles. The highest BCUT2D eigenvalue weighted by Crippen LogP contribution is 2.30. The molecule has 0 amide bonds. The van der Waals surface area contributed by atoms with Crippen molar-refractivity contribution in [2.75, 3.05) is 6.54 Å². The second kappa shape index (κ2) is 8.01. The third-order valence-corrected chi connectivity index (χ3v) is 5.51. The van der Waals surface area contributed by atoms with Crippen LogP contribution in [-0.4, -0.2) is 24.3 Å². The minimum absolute atomic E-state index is 0.161. The van der Waals surface area contributed by atoms with Crippen LogP contribution in [0.15, 0.2) is 76.9 Å².